The SMILES string of the molecule is CCO[C@@H]1OC(C(=O)NCC2CC2)=C[C@H](C2CCCC2)[C@H]1CCCO. The Labute approximate surface area is 151 Å². The smallest absolute Gasteiger partial charge is 0.286 e. The molecule has 25 heavy (non-hydrogen) atoms. The molecule has 0 bridgehead atoms. The largest absolute Gasteiger partial charge is 0.459 e. The van der Waals surface area contributed by atoms with Crippen LogP contribution in [0.1, 0.15) is 58.3 Å². The Balaban J connectivity index is 1.75. The van der Waals surface area contributed by atoms with Crippen LogP contribution < -0.4 is 5.32 Å². The van der Waals surface area contributed by atoms with E-state index in [0.717, 1.165) is 19.4 Å². The molecular formula is C20H33NO4. The molecule has 2 aliphatic carbocycles. The first-order valence-electron chi connectivity index (χ1n) is 10.1. The minimum absolute atomic E-state index is 0.0970. The summed E-state index contributed by atoms with van der Waals surface area (Å²) in [6.07, 6.45) is 10.7. The lowest BCUT2D eigenvalue weighted by Crippen LogP contribution is -2.41. The summed E-state index contributed by atoms with van der Waals surface area (Å²) in [6, 6.07) is 0. The van der Waals surface area contributed by atoms with Crippen molar-refractivity contribution in [1.29, 1.82) is 0 Å². The van der Waals surface area contributed by atoms with Gasteiger partial charge in [0.1, 0.15) is 0 Å². The Morgan fingerprint density at radius 3 is 2.72 bits per heavy atom. The first-order chi connectivity index (χ1) is 12.2. The zero-order valence-corrected chi connectivity index (χ0v) is 15.4. The van der Waals surface area contributed by atoms with E-state index in [2.05, 4.69) is 11.4 Å². The van der Waals surface area contributed by atoms with E-state index in [1.807, 2.05) is 6.92 Å². The first kappa shape index (κ1) is 18.7. The Morgan fingerprint density at radius 2 is 2.08 bits per heavy atom. The van der Waals surface area contributed by atoms with Crippen molar-refractivity contribution in [2.24, 2.45) is 23.7 Å². The molecule has 142 valence electrons. The summed E-state index contributed by atoms with van der Waals surface area (Å²) in [7, 11) is 0. The third-order valence-electron chi connectivity index (χ3n) is 5.87. The molecule has 0 saturated heterocycles. The Bertz CT molecular complexity index is 468. The van der Waals surface area contributed by atoms with Crippen molar-refractivity contribution >= 4 is 5.91 Å². The number of rotatable bonds is 9. The fourth-order valence-corrected chi connectivity index (χ4v) is 4.31. The van der Waals surface area contributed by atoms with Gasteiger partial charge in [0, 0.05) is 25.7 Å². The van der Waals surface area contributed by atoms with Crippen molar-refractivity contribution < 1.29 is 19.4 Å². The Kier molecular flexibility index (Phi) is 6.77. The zero-order chi connectivity index (χ0) is 17.6. The molecule has 5 nitrogen and oxygen atoms in total. The summed E-state index contributed by atoms with van der Waals surface area (Å²) in [5.74, 6) is 2.12. The highest BCUT2D eigenvalue weighted by Crippen LogP contribution is 2.43. The molecule has 0 aromatic rings. The number of aliphatic hydroxyl groups excluding tert-OH is 1. The van der Waals surface area contributed by atoms with Crippen LogP contribution in [-0.4, -0.2) is 37.1 Å². The van der Waals surface area contributed by atoms with Gasteiger partial charge >= 0.3 is 0 Å². The molecule has 3 atom stereocenters. The normalized spacial score (nSPS) is 30.0. The van der Waals surface area contributed by atoms with E-state index in [4.69, 9.17) is 9.47 Å². The summed E-state index contributed by atoms with van der Waals surface area (Å²) in [5, 5.41) is 12.3. The van der Waals surface area contributed by atoms with Gasteiger partial charge in [-0.3, -0.25) is 4.79 Å². The molecule has 0 unspecified atom stereocenters. The molecule has 1 aliphatic heterocycles. The third-order valence-corrected chi connectivity index (χ3v) is 5.87. The zero-order valence-electron chi connectivity index (χ0n) is 15.4. The van der Waals surface area contributed by atoms with Crippen molar-refractivity contribution in [3.63, 3.8) is 0 Å². The number of carbonyl (C=O) groups is 1. The highest BCUT2D eigenvalue weighted by molar-refractivity contribution is 5.91. The number of hydrogen-bond acceptors (Lipinski definition) is 4. The summed E-state index contributed by atoms with van der Waals surface area (Å²) < 4.78 is 11.9. The van der Waals surface area contributed by atoms with E-state index in [1.54, 1.807) is 0 Å². The van der Waals surface area contributed by atoms with Gasteiger partial charge in [-0.05, 0) is 69.3 Å². The number of allylic oxidation sites excluding steroid dienone is 1. The van der Waals surface area contributed by atoms with Crippen LogP contribution in [0, 0.1) is 23.7 Å². The van der Waals surface area contributed by atoms with Crippen LogP contribution in [0.4, 0.5) is 0 Å². The maximum Gasteiger partial charge on any atom is 0.286 e. The van der Waals surface area contributed by atoms with Gasteiger partial charge < -0.3 is 19.9 Å². The monoisotopic (exact) mass is 351 g/mol. The summed E-state index contributed by atoms with van der Waals surface area (Å²) >= 11 is 0. The van der Waals surface area contributed by atoms with Crippen molar-refractivity contribution in [2.75, 3.05) is 19.8 Å². The number of hydrogen-bond donors (Lipinski definition) is 2. The maximum atomic E-state index is 12.6. The van der Waals surface area contributed by atoms with Gasteiger partial charge in [0.15, 0.2) is 5.76 Å². The van der Waals surface area contributed by atoms with Gasteiger partial charge in [0.05, 0.1) is 0 Å². The van der Waals surface area contributed by atoms with Crippen LogP contribution >= 0.6 is 0 Å². The van der Waals surface area contributed by atoms with E-state index < -0.39 is 0 Å². The second-order valence-corrected chi connectivity index (χ2v) is 7.78. The molecular weight excluding hydrogens is 318 g/mol. The molecule has 0 aromatic carbocycles. The molecule has 2 saturated carbocycles. The van der Waals surface area contributed by atoms with Gasteiger partial charge in [-0.2, -0.15) is 0 Å². The predicted molar refractivity (Wildman–Crippen MR) is 95.6 cm³/mol. The quantitative estimate of drug-likeness (QED) is 0.670. The number of nitrogens with one attached hydrogen (secondary N) is 1. The van der Waals surface area contributed by atoms with Gasteiger partial charge in [-0.15, -0.1) is 0 Å². The number of aliphatic hydroxyl groups is 1. The van der Waals surface area contributed by atoms with Gasteiger partial charge in [-0.25, -0.2) is 0 Å². The fourth-order valence-electron chi connectivity index (χ4n) is 4.31. The number of ether oxygens (including phenoxy) is 2. The molecule has 0 aromatic heterocycles. The molecule has 3 rings (SSSR count). The number of amides is 1. The second kappa shape index (κ2) is 9.04. The third kappa shape index (κ3) is 4.98. The average Bonchev–Trinajstić information content (AvgIpc) is 3.29. The molecule has 1 heterocycles. The molecule has 2 fully saturated rings. The Morgan fingerprint density at radius 1 is 1.32 bits per heavy atom. The van der Waals surface area contributed by atoms with E-state index in [0.29, 0.717) is 30.1 Å². The second-order valence-electron chi connectivity index (χ2n) is 7.78. The molecule has 5 heteroatoms. The first-order valence-corrected chi connectivity index (χ1v) is 10.1. The average molecular weight is 351 g/mol. The van der Waals surface area contributed by atoms with Crippen LogP contribution in [0.5, 0.6) is 0 Å². The van der Waals surface area contributed by atoms with Gasteiger partial charge in [-0.1, -0.05) is 12.8 Å². The van der Waals surface area contributed by atoms with Crippen molar-refractivity contribution in [2.45, 2.75) is 64.6 Å². The van der Waals surface area contributed by atoms with Crippen LogP contribution in [0.3, 0.4) is 0 Å². The predicted octanol–water partition coefficient (Wildman–Crippen LogP) is 2.98. The van der Waals surface area contributed by atoms with Crippen LogP contribution in [0.2, 0.25) is 0 Å². The lowest BCUT2D eigenvalue weighted by molar-refractivity contribution is -0.176. The fraction of sp³-hybridized carbons (Fsp3) is 0.850. The molecule has 0 spiro atoms. The topological polar surface area (TPSA) is 67.8 Å². The van der Waals surface area contributed by atoms with Crippen LogP contribution in [-0.2, 0) is 14.3 Å². The minimum Gasteiger partial charge on any atom is -0.459 e. The molecule has 0 radical (unpaired) electrons. The van der Waals surface area contributed by atoms with E-state index in [9.17, 15) is 9.90 Å². The summed E-state index contributed by atoms with van der Waals surface area (Å²) in [5.41, 5.74) is 0. The van der Waals surface area contributed by atoms with E-state index in [-0.39, 0.29) is 24.7 Å². The van der Waals surface area contributed by atoms with E-state index in [1.165, 1.54) is 38.5 Å². The van der Waals surface area contributed by atoms with Crippen molar-refractivity contribution in [3.8, 4) is 0 Å². The highest BCUT2D eigenvalue weighted by atomic mass is 16.7. The summed E-state index contributed by atoms with van der Waals surface area (Å²) in [4.78, 5) is 12.6. The minimum atomic E-state index is -0.381. The van der Waals surface area contributed by atoms with E-state index >= 15 is 0 Å². The maximum absolute atomic E-state index is 12.6. The van der Waals surface area contributed by atoms with Crippen LogP contribution in [0.15, 0.2) is 11.8 Å². The van der Waals surface area contributed by atoms with Gasteiger partial charge in [0.2, 0.25) is 6.29 Å². The Hall–Kier alpha value is -1.07. The lowest BCUT2D eigenvalue weighted by Gasteiger charge is -2.39. The highest BCUT2D eigenvalue weighted by Gasteiger charge is 2.41. The standard InChI is InChI=1S/C20H33NO4/c1-2-24-20-16(8-5-11-22)17(15-6-3-4-7-15)12-18(25-20)19(23)21-13-14-9-10-14/h12,14-17,20,22H,2-11,13H2,1H3,(H,21,23)/t16-,17-,20-/m1/s1. The van der Waals surface area contributed by atoms with Gasteiger partial charge in [0.25, 0.3) is 5.91 Å². The molecule has 3 aliphatic rings. The lowest BCUT2D eigenvalue weighted by atomic mass is 9.76. The van der Waals surface area contributed by atoms with Crippen LogP contribution in [0.25, 0.3) is 0 Å². The molecule has 1 amide bonds. The van der Waals surface area contributed by atoms with Crippen molar-refractivity contribution in [3.05, 3.63) is 11.8 Å². The number of carbonyl (C=O) groups excluding carboxylic acids is 1. The summed E-state index contributed by atoms with van der Waals surface area (Å²) in [6.45, 7) is 3.46. The van der Waals surface area contributed by atoms with Crippen molar-refractivity contribution in [1.82, 2.24) is 5.32 Å². The molecule has 2 N–H and O–H groups in total.